The third-order valence-corrected chi connectivity index (χ3v) is 12.4. The maximum absolute atomic E-state index is 2.46. The zero-order chi connectivity index (χ0) is 37.5. The van der Waals surface area contributed by atoms with Crippen LogP contribution in [-0.2, 0) is 5.41 Å². The molecule has 0 aliphatic heterocycles. The predicted octanol–water partition coefficient (Wildman–Crippen LogP) is 14.3. The second kappa shape index (κ2) is 12.3. The van der Waals surface area contributed by atoms with Crippen LogP contribution in [0.2, 0.25) is 0 Å². The molecule has 0 saturated carbocycles. The summed E-state index contributed by atoms with van der Waals surface area (Å²) >= 11 is 0. The summed E-state index contributed by atoms with van der Waals surface area (Å²) in [5.74, 6) is 0. The Labute approximate surface area is 332 Å². The van der Waals surface area contributed by atoms with Crippen LogP contribution in [0.15, 0.2) is 218 Å². The summed E-state index contributed by atoms with van der Waals surface area (Å²) in [5.41, 5.74) is 19.7. The third kappa shape index (κ3) is 4.53. The molecule has 10 aromatic rings. The Morgan fingerprint density at radius 2 is 0.825 bits per heavy atom. The highest BCUT2D eigenvalue weighted by atomic mass is 15.1. The molecule has 266 valence electrons. The van der Waals surface area contributed by atoms with Crippen molar-refractivity contribution in [2.24, 2.45) is 0 Å². The van der Waals surface area contributed by atoms with Gasteiger partial charge < -0.3 is 9.47 Å². The number of rotatable bonds is 5. The van der Waals surface area contributed by atoms with Gasteiger partial charge in [-0.1, -0.05) is 152 Å². The highest BCUT2D eigenvalue weighted by molar-refractivity contribution is 6.11. The fourth-order valence-corrected chi connectivity index (χ4v) is 10.1. The van der Waals surface area contributed by atoms with Crippen LogP contribution in [0.3, 0.4) is 0 Å². The molecule has 2 aliphatic carbocycles. The Bertz CT molecular complexity index is 3110. The summed E-state index contributed by atoms with van der Waals surface area (Å²) in [6, 6.07) is 80.3. The summed E-state index contributed by atoms with van der Waals surface area (Å²) < 4.78 is 2.46. The highest BCUT2D eigenvalue weighted by Gasteiger charge is 2.51. The van der Waals surface area contributed by atoms with Crippen LogP contribution < -0.4 is 4.90 Å². The summed E-state index contributed by atoms with van der Waals surface area (Å²) in [4.78, 5) is 2.33. The number of para-hydroxylation sites is 3. The molecule has 2 aliphatic rings. The third-order valence-electron chi connectivity index (χ3n) is 12.4. The van der Waals surface area contributed by atoms with Gasteiger partial charge in [0.25, 0.3) is 0 Å². The van der Waals surface area contributed by atoms with Crippen LogP contribution >= 0.6 is 0 Å². The maximum Gasteiger partial charge on any atom is 0.0725 e. The van der Waals surface area contributed by atoms with Gasteiger partial charge in [0, 0.05) is 33.5 Å². The van der Waals surface area contributed by atoms with Crippen LogP contribution in [0.5, 0.6) is 0 Å². The van der Waals surface area contributed by atoms with Crippen molar-refractivity contribution in [3.8, 4) is 39.1 Å². The van der Waals surface area contributed by atoms with Gasteiger partial charge in [0.1, 0.15) is 0 Å². The van der Waals surface area contributed by atoms with Crippen LogP contribution in [0.4, 0.5) is 17.1 Å². The Morgan fingerprint density at radius 1 is 0.316 bits per heavy atom. The molecule has 0 N–H and O–H groups in total. The predicted molar refractivity (Wildman–Crippen MR) is 237 cm³/mol. The standard InChI is InChI=1S/C55H36N2/c1-3-17-39(18-4-1)56(40-19-5-2-6-20-40)41-21-15-16-37(34-41)38-30-33-54-48(35-38)46-25-10-14-29-53(46)57(54)42-31-32-52-47(36-42)45-24-9-13-28-51(45)55(52)49-26-11-7-22-43(49)44-23-8-12-27-50(44)55/h1-36H. The minimum absolute atomic E-state index is 0.349. The van der Waals surface area contributed by atoms with E-state index >= 15 is 0 Å². The lowest BCUT2D eigenvalue weighted by Gasteiger charge is -2.30. The van der Waals surface area contributed by atoms with Gasteiger partial charge in [-0.25, -0.2) is 0 Å². The van der Waals surface area contributed by atoms with E-state index in [2.05, 4.69) is 228 Å². The number of fused-ring (bicyclic) bond motifs is 13. The van der Waals surface area contributed by atoms with E-state index in [1.165, 1.54) is 83.1 Å². The summed E-state index contributed by atoms with van der Waals surface area (Å²) in [6.45, 7) is 0. The highest BCUT2D eigenvalue weighted by Crippen LogP contribution is 2.62. The number of hydrogen-bond donors (Lipinski definition) is 0. The Kier molecular flexibility index (Phi) is 6.88. The summed E-state index contributed by atoms with van der Waals surface area (Å²) in [5, 5.41) is 2.49. The van der Waals surface area contributed by atoms with Gasteiger partial charge in [-0.2, -0.15) is 0 Å². The first-order chi connectivity index (χ1) is 28.3. The molecule has 1 aromatic heterocycles. The number of anilines is 3. The quantitative estimate of drug-likeness (QED) is 0.172. The van der Waals surface area contributed by atoms with Gasteiger partial charge >= 0.3 is 0 Å². The fraction of sp³-hybridized carbons (Fsp3) is 0.0182. The van der Waals surface area contributed by atoms with Gasteiger partial charge in [0.2, 0.25) is 0 Å². The molecule has 0 fully saturated rings. The number of hydrogen-bond acceptors (Lipinski definition) is 1. The average Bonchev–Trinajstić information content (AvgIpc) is 3.89. The van der Waals surface area contributed by atoms with Crippen LogP contribution in [-0.4, -0.2) is 4.57 Å². The van der Waals surface area contributed by atoms with Crippen LogP contribution in [0.25, 0.3) is 60.9 Å². The molecule has 0 unspecified atom stereocenters. The number of aromatic nitrogens is 1. The van der Waals surface area contributed by atoms with E-state index in [9.17, 15) is 0 Å². The number of benzene rings is 9. The van der Waals surface area contributed by atoms with Gasteiger partial charge in [-0.3, -0.25) is 0 Å². The molecular formula is C55H36N2. The second-order valence-electron chi connectivity index (χ2n) is 15.3. The fourth-order valence-electron chi connectivity index (χ4n) is 10.1. The van der Waals surface area contributed by atoms with Crippen molar-refractivity contribution in [3.05, 3.63) is 241 Å². The van der Waals surface area contributed by atoms with E-state index < -0.39 is 0 Å². The van der Waals surface area contributed by atoms with Gasteiger partial charge in [-0.05, 0) is 122 Å². The Hall–Kier alpha value is -7.42. The maximum atomic E-state index is 2.46. The smallest absolute Gasteiger partial charge is 0.0725 e. The van der Waals surface area contributed by atoms with Gasteiger partial charge in [0.15, 0.2) is 0 Å². The second-order valence-corrected chi connectivity index (χ2v) is 15.3. The van der Waals surface area contributed by atoms with Crippen LogP contribution in [0, 0.1) is 0 Å². The van der Waals surface area contributed by atoms with Gasteiger partial charge in [0.05, 0.1) is 16.4 Å². The molecule has 0 amide bonds. The van der Waals surface area contributed by atoms with Crippen molar-refractivity contribution in [2.75, 3.05) is 4.90 Å². The van der Waals surface area contributed by atoms with E-state index in [-0.39, 0.29) is 5.41 Å². The van der Waals surface area contributed by atoms with Crippen LogP contribution in [0.1, 0.15) is 22.3 Å². The molecule has 0 radical (unpaired) electrons. The Morgan fingerprint density at radius 3 is 1.49 bits per heavy atom. The largest absolute Gasteiger partial charge is 0.310 e. The van der Waals surface area contributed by atoms with E-state index in [1.54, 1.807) is 0 Å². The summed E-state index contributed by atoms with van der Waals surface area (Å²) in [7, 11) is 0. The Balaban J connectivity index is 1.02. The molecule has 0 atom stereocenters. The van der Waals surface area contributed by atoms with E-state index in [1.807, 2.05) is 0 Å². The lowest BCUT2D eigenvalue weighted by molar-refractivity contribution is 0.793. The van der Waals surface area contributed by atoms with Crippen molar-refractivity contribution in [1.82, 2.24) is 4.57 Å². The molecule has 57 heavy (non-hydrogen) atoms. The van der Waals surface area contributed by atoms with Crippen molar-refractivity contribution < 1.29 is 0 Å². The lowest BCUT2D eigenvalue weighted by Crippen LogP contribution is -2.25. The van der Waals surface area contributed by atoms with Crippen molar-refractivity contribution in [3.63, 3.8) is 0 Å². The zero-order valence-electron chi connectivity index (χ0n) is 31.2. The first-order valence-electron chi connectivity index (χ1n) is 19.8. The lowest BCUT2D eigenvalue weighted by atomic mass is 9.70. The van der Waals surface area contributed by atoms with E-state index in [0.717, 1.165) is 17.1 Å². The number of nitrogens with zero attached hydrogens (tertiary/aromatic N) is 2. The summed E-state index contributed by atoms with van der Waals surface area (Å²) in [6.07, 6.45) is 0. The SMILES string of the molecule is c1ccc(N(c2ccccc2)c2cccc(-c3ccc4c(c3)c3ccccc3n4-c3ccc4c(c3)-c3ccccc3C43c4ccccc4-c4ccccc43)c2)cc1. The topological polar surface area (TPSA) is 8.17 Å². The first kappa shape index (κ1) is 31.9. The van der Waals surface area contributed by atoms with Crippen molar-refractivity contribution in [1.29, 1.82) is 0 Å². The minimum atomic E-state index is -0.349. The van der Waals surface area contributed by atoms with Crippen molar-refractivity contribution in [2.45, 2.75) is 5.41 Å². The molecule has 1 spiro atoms. The minimum Gasteiger partial charge on any atom is -0.310 e. The van der Waals surface area contributed by atoms with Crippen molar-refractivity contribution >= 4 is 38.9 Å². The monoisotopic (exact) mass is 724 g/mol. The molecule has 9 aromatic carbocycles. The molecule has 12 rings (SSSR count). The van der Waals surface area contributed by atoms with E-state index in [4.69, 9.17) is 0 Å². The van der Waals surface area contributed by atoms with E-state index in [0.29, 0.717) is 0 Å². The molecule has 0 bridgehead atoms. The molecule has 0 saturated heterocycles. The molecule has 2 heteroatoms. The molecule has 2 nitrogen and oxygen atoms in total. The molecule has 1 heterocycles. The zero-order valence-corrected chi connectivity index (χ0v) is 31.2. The normalized spacial score (nSPS) is 13.1. The first-order valence-corrected chi connectivity index (χ1v) is 19.8. The van der Waals surface area contributed by atoms with Gasteiger partial charge in [-0.15, -0.1) is 0 Å². The molecular weight excluding hydrogens is 689 g/mol. The average molecular weight is 725 g/mol.